The zero-order valence-corrected chi connectivity index (χ0v) is 11.5. The van der Waals surface area contributed by atoms with Crippen LogP contribution in [0.25, 0.3) is 0 Å². The van der Waals surface area contributed by atoms with E-state index in [2.05, 4.69) is 11.9 Å². The van der Waals surface area contributed by atoms with Crippen molar-refractivity contribution in [1.82, 2.24) is 0 Å². The molecule has 0 aliphatic heterocycles. The Kier molecular flexibility index (Phi) is 9.17. The van der Waals surface area contributed by atoms with Crippen LogP contribution in [-0.4, -0.2) is 23.5 Å². The van der Waals surface area contributed by atoms with Crippen LogP contribution in [0.2, 0.25) is 0 Å². The molecule has 0 aromatic carbocycles. The SMILES string of the molecule is CCCC(O)(C(C)=NC)C(C)C.[Gd]. The molecular formula is C10H21GdNO. The molecule has 0 saturated heterocycles. The number of hydrogen-bond donors (Lipinski definition) is 1. The molecule has 0 aromatic rings. The molecule has 0 rings (SSSR count). The van der Waals surface area contributed by atoms with E-state index in [4.69, 9.17) is 0 Å². The third-order valence-electron chi connectivity index (χ3n) is 2.55. The minimum Gasteiger partial charge on any atom is -0.384 e. The summed E-state index contributed by atoms with van der Waals surface area (Å²) in [6.07, 6.45) is 1.79. The molecule has 0 bridgehead atoms. The van der Waals surface area contributed by atoms with Crippen molar-refractivity contribution < 1.29 is 45.0 Å². The van der Waals surface area contributed by atoms with Crippen LogP contribution >= 0.6 is 0 Å². The first-order chi connectivity index (χ1) is 5.49. The Bertz CT molecular complexity index is 168. The zero-order valence-electron chi connectivity index (χ0n) is 9.24. The molecular weight excluding hydrogens is 307 g/mol. The van der Waals surface area contributed by atoms with Crippen LogP contribution < -0.4 is 0 Å². The molecule has 1 unspecified atom stereocenters. The maximum Gasteiger partial charge on any atom is 0.104 e. The Hall–Kier alpha value is 0.955. The predicted octanol–water partition coefficient (Wildman–Crippen LogP) is 2.26. The normalized spacial score (nSPS) is 16.7. The number of nitrogens with zero attached hydrogens (tertiary/aromatic N) is 1. The van der Waals surface area contributed by atoms with Crippen molar-refractivity contribution in [1.29, 1.82) is 0 Å². The molecule has 13 heavy (non-hydrogen) atoms. The van der Waals surface area contributed by atoms with Crippen LogP contribution in [0.3, 0.4) is 0 Å². The first-order valence-corrected chi connectivity index (χ1v) is 4.65. The molecule has 80 valence electrons. The van der Waals surface area contributed by atoms with Crippen molar-refractivity contribution in [2.45, 2.75) is 46.1 Å². The summed E-state index contributed by atoms with van der Waals surface area (Å²) >= 11 is 0. The van der Waals surface area contributed by atoms with E-state index in [1.807, 2.05) is 20.8 Å². The average Bonchev–Trinajstić information content (AvgIpc) is 2.03. The van der Waals surface area contributed by atoms with Gasteiger partial charge in [-0.1, -0.05) is 27.2 Å². The Morgan fingerprint density at radius 2 is 1.92 bits per heavy atom. The summed E-state index contributed by atoms with van der Waals surface area (Å²) in [6, 6.07) is 0. The summed E-state index contributed by atoms with van der Waals surface area (Å²) in [5.74, 6) is 0.237. The van der Waals surface area contributed by atoms with E-state index in [1.165, 1.54) is 0 Å². The van der Waals surface area contributed by atoms with Crippen LogP contribution in [-0.2, 0) is 0 Å². The van der Waals surface area contributed by atoms with Crippen LogP contribution in [0.5, 0.6) is 0 Å². The summed E-state index contributed by atoms with van der Waals surface area (Å²) in [5, 5.41) is 10.2. The molecule has 1 N–H and O–H groups in total. The standard InChI is InChI=1S/C10H21NO.Gd/c1-6-7-10(12,8(2)3)9(4)11-5;/h8,12H,6-7H2,1-5H3;. The number of rotatable bonds is 4. The van der Waals surface area contributed by atoms with E-state index in [-0.39, 0.29) is 45.9 Å². The fraction of sp³-hybridized carbons (Fsp3) is 0.900. The fourth-order valence-electron chi connectivity index (χ4n) is 1.46. The Labute approximate surface area is 114 Å². The third-order valence-corrected chi connectivity index (χ3v) is 2.55. The van der Waals surface area contributed by atoms with E-state index in [9.17, 15) is 5.11 Å². The van der Waals surface area contributed by atoms with Gasteiger partial charge >= 0.3 is 0 Å². The quantitative estimate of drug-likeness (QED) is 0.789. The van der Waals surface area contributed by atoms with Gasteiger partial charge in [0.2, 0.25) is 0 Å². The maximum absolute atomic E-state index is 10.2. The summed E-state index contributed by atoms with van der Waals surface area (Å²) in [4.78, 5) is 4.07. The molecule has 0 aliphatic carbocycles. The number of aliphatic imine (C=N–C) groups is 1. The topological polar surface area (TPSA) is 32.6 Å². The Morgan fingerprint density at radius 3 is 2.15 bits per heavy atom. The molecule has 2 nitrogen and oxygen atoms in total. The van der Waals surface area contributed by atoms with Gasteiger partial charge in [0.1, 0.15) is 5.60 Å². The van der Waals surface area contributed by atoms with Gasteiger partial charge in [-0.05, 0) is 19.3 Å². The molecule has 3 heteroatoms. The summed E-state index contributed by atoms with van der Waals surface area (Å²) in [5.41, 5.74) is 0.156. The third kappa shape index (κ3) is 4.33. The van der Waals surface area contributed by atoms with Crippen LogP contribution in [0.1, 0.15) is 40.5 Å². The van der Waals surface area contributed by atoms with Gasteiger partial charge in [-0.15, -0.1) is 0 Å². The van der Waals surface area contributed by atoms with E-state index < -0.39 is 5.60 Å². The predicted molar refractivity (Wildman–Crippen MR) is 53.7 cm³/mol. The van der Waals surface area contributed by atoms with E-state index >= 15 is 0 Å². The second-order valence-electron chi connectivity index (χ2n) is 3.64. The second kappa shape index (κ2) is 7.27. The van der Waals surface area contributed by atoms with E-state index in [0.717, 1.165) is 18.6 Å². The van der Waals surface area contributed by atoms with Crippen molar-refractivity contribution in [3.05, 3.63) is 0 Å². The molecule has 0 radical (unpaired) electrons. The molecule has 0 aromatic heterocycles. The summed E-state index contributed by atoms with van der Waals surface area (Å²) in [7, 11) is 1.73. The zero-order chi connectivity index (χ0) is 9.78. The molecule has 0 saturated carbocycles. The minimum absolute atomic E-state index is 0. The molecule has 1 atom stereocenters. The van der Waals surface area contributed by atoms with Crippen LogP contribution in [0.4, 0.5) is 0 Å². The summed E-state index contributed by atoms with van der Waals surface area (Å²) < 4.78 is 0. The summed E-state index contributed by atoms with van der Waals surface area (Å²) in [6.45, 7) is 8.04. The van der Waals surface area contributed by atoms with Gasteiger partial charge in [-0.2, -0.15) is 0 Å². The average molecular weight is 329 g/mol. The van der Waals surface area contributed by atoms with E-state index in [1.54, 1.807) is 7.05 Å². The van der Waals surface area contributed by atoms with Gasteiger partial charge in [-0.25, -0.2) is 0 Å². The molecule has 0 spiro atoms. The van der Waals surface area contributed by atoms with Crippen molar-refractivity contribution >= 4 is 5.71 Å². The fourth-order valence-corrected chi connectivity index (χ4v) is 1.46. The Balaban J connectivity index is 0. The van der Waals surface area contributed by atoms with Gasteiger partial charge in [0.15, 0.2) is 0 Å². The number of hydrogen-bond acceptors (Lipinski definition) is 2. The second-order valence-corrected chi connectivity index (χ2v) is 3.64. The first kappa shape index (κ1) is 16.4. The monoisotopic (exact) mass is 329 g/mol. The van der Waals surface area contributed by atoms with Crippen molar-refractivity contribution in [2.24, 2.45) is 10.9 Å². The van der Waals surface area contributed by atoms with Crippen molar-refractivity contribution in [3.63, 3.8) is 0 Å². The molecule has 0 amide bonds. The smallest absolute Gasteiger partial charge is 0.104 e. The van der Waals surface area contributed by atoms with Crippen molar-refractivity contribution in [2.75, 3.05) is 7.05 Å². The Morgan fingerprint density at radius 1 is 1.46 bits per heavy atom. The molecule has 0 aliphatic rings. The van der Waals surface area contributed by atoms with Gasteiger partial charge in [0.05, 0.1) is 0 Å². The van der Waals surface area contributed by atoms with Crippen LogP contribution in [0.15, 0.2) is 4.99 Å². The van der Waals surface area contributed by atoms with Gasteiger partial charge in [0.25, 0.3) is 0 Å². The number of aliphatic hydroxyl groups is 1. The van der Waals surface area contributed by atoms with Crippen LogP contribution in [0, 0.1) is 45.9 Å². The van der Waals surface area contributed by atoms with Gasteiger partial charge in [-0.3, -0.25) is 4.99 Å². The molecule has 0 fully saturated rings. The molecule has 0 heterocycles. The van der Waals surface area contributed by atoms with Gasteiger partial charge < -0.3 is 5.11 Å². The first-order valence-electron chi connectivity index (χ1n) is 4.65. The van der Waals surface area contributed by atoms with Crippen molar-refractivity contribution in [3.8, 4) is 0 Å². The largest absolute Gasteiger partial charge is 0.384 e. The minimum atomic E-state index is -0.691. The maximum atomic E-state index is 10.2. The van der Waals surface area contributed by atoms with E-state index in [0.29, 0.717) is 0 Å². The van der Waals surface area contributed by atoms with Gasteiger partial charge in [0, 0.05) is 52.7 Å².